The third kappa shape index (κ3) is 4.05. The van der Waals surface area contributed by atoms with Gasteiger partial charge in [0.05, 0.1) is 5.52 Å². The van der Waals surface area contributed by atoms with Crippen LogP contribution in [0.4, 0.5) is 22.0 Å². The van der Waals surface area contributed by atoms with Crippen LogP contribution in [0.1, 0.15) is 5.82 Å². The first-order valence-electron chi connectivity index (χ1n) is 11.0. The summed E-state index contributed by atoms with van der Waals surface area (Å²) in [5.41, 5.74) is 0.411. The molecule has 0 aliphatic heterocycles. The van der Waals surface area contributed by atoms with Crippen molar-refractivity contribution in [1.82, 2.24) is 18.8 Å². The Morgan fingerprint density at radius 2 is 1.76 bits per heavy atom. The third-order valence-electron chi connectivity index (χ3n) is 6.03. The standard InChI is InChI=1S/C25H17F5N4O4/c1-12-31-20-18(33(12)3)6-5-15(22(20)37-19-7-4-13(26)10-17(19)27)16-11-32(2)23(35)21-14(16)8-9-34(21)38-24(36)25(28,29)30/h4-11H,1-3H3. The average Bonchev–Trinajstić information content (AvgIpc) is 3.39. The zero-order chi connectivity index (χ0) is 27.5. The summed E-state index contributed by atoms with van der Waals surface area (Å²) < 4.78 is 75.7. The topological polar surface area (TPSA) is 80.3 Å². The van der Waals surface area contributed by atoms with Crippen molar-refractivity contribution >= 4 is 27.9 Å². The Kier molecular flexibility index (Phi) is 5.73. The summed E-state index contributed by atoms with van der Waals surface area (Å²) in [5, 5.41) is 0.125. The molecule has 8 nitrogen and oxygen atoms in total. The predicted molar refractivity (Wildman–Crippen MR) is 126 cm³/mol. The van der Waals surface area contributed by atoms with Crippen molar-refractivity contribution in [1.29, 1.82) is 0 Å². The molecule has 0 saturated heterocycles. The Morgan fingerprint density at radius 1 is 1.03 bits per heavy atom. The van der Waals surface area contributed by atoms with Gasteiger partial charge in [0.25, 0.3) is 5.56 Å². The molecule has 0 radical (unpaired) electrons. The number of aryl methyl sites for hydroxylation is 3. The second-order valence-corrected chi connectivity index (χ2v) is 8.44. The summed E-state index contributed by atoms with van der Waals surface area (Å²) >= 11 is 0. The lowest BCUT2D eigenvalue weighted by atomic mass is 10.0. The Labute approximate surface area is 210 Å². The van der Waals surface area contributed by atoms with E-state index in [1.54, 1.807) is 30.7 Å². The number of ether oxygens (including phenoxy) is 1. The van der Waals surface area contributed by atoms with Crippen LogP contribution >= 0.6 is 0 Å². The quantitative estimate of drug-likeness (QED) is 0.311. The summed E-state index contributed by atoms with van der Waals surface area (Å²) in [6, 6.07) is 7.38. The number of benzene rings is 2. The van der Waals surface area contributed by atoms with Gasteiger partial charge in [0.1, 0.15) is 17.2 Å². The van der Waals surface area contributed by atoms with Crippen LogP contribution in [-0.2, 0) is 18.9 Å². The molecule has 38 heavy (non-hydrogen) atoms. The molecule has 5 aromatic rings. The van der Waals surface area contributed by atoms with Crippen molar-refractivity contribution in [2.75, 3.05) is 0 Å². The van der Waals surface area contributed by atoms with E-state index in [0.29, 0.717) is 33.2 Å². The highest BCUT2D eigenvalue weighted by Gasteiger charge is 2.42. The number of imidazole rings is 1. The highest BCUT2D eigenvalue weighted by molar-refractivity contribution is 6.00. The molecule has 0 amide bonds. The number of rotatable bonds is 4. The van der Waals surface area contributed by atoms with E-state index in [0.717, 1.165) is 22.9 Å². The lowest BCUT2D eigenvalue weighted by Crippen LogP contribution is -2.34. The maximum atomic E-state index is 14.6. The van der Waals surface area contributed by atoms with Crippen molar-refractivity contribution in [3.63, 3.8) is 0 Å². The van der Waals surface area contributed by atoms with Gasteiger partial charge in [0.15, 0.2) is 22.8 Å². The Morgan fingerprint density at radius 3 is 2.45 bits per heavy atom. The van der Waals surface area contributed by atoms with Crippen molar-refractivity contribution in [2.45, 2.75) is 13.1 Å². The first-order valence-corrected chi connectivity index (χ1v) is 11.0. The number of hydrogen-bond donors (Lipinski definition) is 0. The molecule has 0 unspecified atom stereocenters. The normalized spacial score (nSPS) is 11.9. The number of fused-ring (bicyclic) bond motifs is 2. The molecule has 3 heterocycles. The molecule has 0 aliphatic carbocycles. The van der Waals surface area contributed by atoms with Gasteiger partial charge in [0, 0.05) is 49.1 Å². The van der Waals surface area contributed by atoms with Crippen molar-refractivity contribution < 1.29 is 36.3 Å². The zero-order valence-electron chi connectivity index (χ0n) is 19.9. The van der Waals surface area contributed by atoms with Crippen LogP contribution in [0.15, 0.2) is 53.6 Å². The van der Waals surface area contributed by atoms with Crippen LogP contribution in [0.25, 0.3) is 33.1 Å². The summed E-state index contributed by atoms with van der Waals surface area (Å²) in [7, 11) is 3.12. The molecule has 13 heteroatoms. The molecule has 0 aliphatic rings. The fourth-order valence-corrected chi connectivity index (χ4v) is 4.10. The molecule has 0 fully saturated rings. The lowest BCUT2D eigenvalue weighted by Gasteiger charge is -2.15. The largest absolute Gasteiger partial charge is 0.493 e. The molecular formula is C25H17F5N4O4. The SMILES string of the molecule is Cc1nc2c(Oc3ccc(F)cc3F)c(-c3cn(C)c(=O)c4c3ccn4OC(=O)C(F)(F)F)ccc2n1C. The summed E-state index contributed by atoms with van der Waals surface area (Å²) in [6.07, 6.45) is -2.88. The van der Waals surface area contributed by atoms with E-state index < -0.39 is 29.3 Å². The van der Waals surface area contributed by atoms with Crippen molar-refractivity contribution in [3.05, 3.63) is 76.6 Å². The van der Waals surface area contributed by atoms with Crippen molar-refractivity contribution in [3.8, 4) is 22.6 Å². The minimum absolute atomic E-state index is 0.0525. The monoisotopic (exact) mass is 532 g/mol. The van der Waals surface area contributed by atoms with E-state index in [2.05, 4.69) is 9.82 Å². The molecule has 0 atom stereocenters. The number of halogens is 5. The Hall–Kier alpha value is -4.68. The molecule has 0 bridgehead atoms. The minimum Gasteiger partial charge on any atom is -0.451 e. The minimum atomic E-state index is -5.29. The van der Waals surface area contributed by atoms with Gasteiger partial charge in [-0.05, 0) is 37.3 Å². The van der Waals surface area contributed by atoms with Crippen LogP contribution in [-0.4, -0.2) is 31.0 Å². The fourth-order valence-electron chi connectivity index (χ4n) is 4.10. The lowest BCUT2D eigenvalue weighted by molar-refractivity contribution is -0.199. The average molecular weight is 532 g/mol. The van der Waals surface area contributed by atoms with Crippen molar-refractivity contribution in [2.24, 2.45) is 14.1 Å². The molecule has 0 saturated carbocycles. The highest BCUT2D eigenvalue weighted by Crippen LogP contribution is 2.42. The molecule has 196 valence electrons. The first kappa shape index (κ1) is 25.0. The number of carbonyl (C=O) groups excluding carboxylic acids is 1. The molecule has 2 aromatic carbocycles. The number of hydrogen-bond acceptors (Lipinski definition) is 5. The summed E-state index contributed by atoms with van der Waals surface area (Å²) in [4.78, 5) is 33.2. The summed E-state index contributed by atoms with van der Waals surface area (Å²) in [5.74, 6) is -3.95. The number of nitrogens with zero attached hydrogens (tertiary/aromatic N) is 4. The van der Waals surface area contributed by atoms with Gasteiger partial charge >= 0.3 is 12.1 Å². The van der Waals surface area contributed by atoms with E-state index in [1.807, 2.05) is 0 Å². The van der Waals surface area contributed by atoms with Crippen LogP contribution in [0.2, 0.25) is 0 Å². The second-order valence-electron chi connectivity index (χ2n) is 8.44. The number of carbonyl (C=O) groups is 1. The van der Waals surface area contributed by atoms with Gasteiger partial charge in [-0.1, -0.05) is 0 Å². The fraction of sp³-hybridized carbons (Fsp3) is 0.160. The highest BCUT2D eigenvalue weighted by atomic mass is 19.4. The van der Waals surface area contributed by atoms with E-state index >= 15 is 0 Å². The summed E-state index contributed by atoms with van der Waals surface area (Å²) in [6.45, 7) is 1.74. The second kappa shape index (κ2) is 8.71. The van der Waals surface area contributed by atoms with Crippen LogP contribution in [0.5, 0.6) is 11.5 Å². The Balaban J connectivity index is 1.78. The van der Waals surface area contributed by atoms with Gasteiger partial charge < -0.3 is 18.7 Å². The molecule has 5 rings (SSSR count). The van der Waals surface area contributed by atoms with Gasteiger partial charge in [-0.2, -0.15) is 17.9 Å². The zero-order valence-corrected chi connectivity index (χ0v) is 19.9. The maximum Gasteiger partial charge on any atom is 0.493 e. The first-order chi connectivity index (χ1) is 17.9. The van der Waals surface area contributed by atoms with Gasteiger partial charge in [-0.25, -0.2) is 18.6 Å². The van der Waals surface area contributed by atoms with Crippen LogP contribution < -0.4 is 15.1 Å². The predicted octanol–water partition coefficient (Wildman–Crippen LogP) is 4.79. The number of pyridine rings is 1. The molecule has 3 aromatic heterocycles. The van der Waals surface area contributed by atoms with E-state index in [9.17, 15) is 31.5 Å². The molecule has 0 N–H and O–H groups in total. The molecule has 0 spiro atoms. The Bertz CT molecular complexity index is 1820. The van der Waals surface area contributed by atoms with E-state index in [4.69, 9.17) is 4.74 Å². The van der Waals surface area contributed by atoms with Gasteiger partial charge in [-0.15, -0.1) is 0 Å². The van der Waals surface area contributed by atoms with Gasteiger partial charge in [-0.3, -0.25) is 4.79 Å². The van der Waals surface area contributed by atoms with E-state index in [-0.39, 0.29) is 28.0 Å². The maximum absolute atomic E-state index is 14.6. The number of alkyl halides is 3. The van der Waals surface area contributed by atoms with E-state index in [1.165, 1.54) is 19.3 Å². The smallest absolute Gasteiger partial charge is 0.451 e. The van der Waals surface area contributed by atoms with Crippen LogP contribution in [0.3, 0.4) is 0 Å². The molecular weight excluding hydrogens is 515 g/mol. The van der Waals surface area contributed by atoms with Crippen LogP contribution in [0, 0.1) is 18.6 Å². The number of aromatic nitrogens is 4. The third-order valence-corrected chi connectivity index (χ3v) is 6.03. The van der Waals surface area contributed by atoms with Gasteiger partial charge in [0.2, 0.25) is 0 Å².